The molecule has 118 valence electrons. The number of hydrogen-bond acceptors (Lipinski definition) is 3. The van der Waals surface area contributed by atoms with Crippen molar-refractivity contribution in [3.8, 4) is 0 Å². The minimum absolute atomic E-state index is 0.248. The first kappa shape index (κ1) is 17.2. The highest BCUT2D eigenvalue weighted by Crippen LogP contribution is 2.29. The molecule has 1 aromatic rings. The molecular weight excluding hydrogens is 350 g/mol. The van der Waals surface area contributed by atoms with Gasteiger partial charge in [0, 0.05) is 23.6 Å². The zero-order chi connectivity index (χ0) is 15.4. The SMILES string of the molecule is CN1CCC(CN(C)C(CN)c2ccc(Cl)c(Br)c2)CC1. The number of likely N-dealkylation sites (N-methyl/N-ethyl adjacent to an activating group) is 1. The summed E-state index contributed by atoms with van der Waals surface area (Å²) >= 11 is 9.58. The maximum Gasteiger partial charge on any atom is 0.0548 e. The molecule has 0 bridgehead atoms. The third-order valence-electron chi connectivity index (χ3n) is 4.47. The van der Waals surface area contributed by atoms with Crippen LogP contribution in [0.5, 0.6) is 0 Å². The fourth-order valence-electron chi connectivity index (χ4n) is 3.07. The summed E-state index contributed by atoms with van der Waals surface area (Å²) in [6, 6.07) is 6.35. The fourth-order valence-corrected chi connectivity index (χ4v) is 3.58. The molecule has 1 aliphatic heterocycles. The number of piperidine rings is 1. The van der Waals surface area contributed by atoms with E-state index in [-0.39, 0.29) is 6.04 Å². The molecule has 1 fully saturated rings. The van der Waals surface area contributed by atoms with Gasteiger partial charge >= 0.3 is 0 Å². The minimum atomic E-state index is 0.248. The molecule has 0 spiro atoms. The third-order valence-corrected chi connectivity index (χ3v) is 5.68. The van der Waals surface area contributed by atoms with Gasteiger partial charge in [-0.15, -0.1) is 0 Å². The molecule has 1 heterocycles. The molecule has 0 saturated carbocycles. The maximum absolute atomic E-state index is 6.08. The van der Waals surface area contributed by atoms with Crippen LogP contribution >= 0.6 is 27.5 Å². The summed E-state index contributed by atoms with van der Waals surface area (Å²) in [5.41, 5.74) is 7.25. The summed E-state index contributed by atoms with van der Waals surface area (Å²) in [5.74, 6) is 0.774. The van der Waals surface area contributed by atoms with Crippen molar-refractivity contribution in [3.05, 3.63) is 33.3 Å². The molecule has 1 saturated heterocycles. The van der Waals surface area contributed by atoms with Gasteiger partial charge in [-0.25, -0.2) is 0 Å². The number of rotatable bonds is 5. The average Bonchev–Trinajstić information content (AvgIpc) is 2.46. The minimum Gasteiger partial charge on any atom is -0.329 e. The predicted molar refractivity (Wildman–Crippen MR) is 93.8 cm³/mol. The molecule has 0 aromatic heterocycles. The molecule has 0 radical (unpaired) electrons. The predicted octanol–water partition coefficient (Wildman–Crippen LogP) is 3.38. The van der Waals surface area contributed by atoms with Crippen LogP contribution in [0, 0.1) is 5.92 Å². The van der Waals surface area contributed by atoms with Crippen LogP contribution in [0.25, 0.3) is 0 Å². The van der Waals surface area contributed by atoms with Crippen molar-refractivity contribution in [1.29, 1.82) is 0 Å². The normalized spacial score (nSPS) is 19.1. The van der Waals surface area contributed by atoms with Crippen LogP contribution in [0.2, 0.25) is 5.02 Å². The van der Waals surface area contributed by atoms with E-state index in [1.54, 1.807) is 0 Å². The Morgan fingerprint density at radius 2 is 2.10 bits per heavy atom. The van der Waals surface area contributed by atoms with Gasteiger partial charge in [0.05, 0.1) is 5.02 Å². The number of nitrogens with two attached hydrogens (primary N) is 1. The van der Waals surface area contributed by atoms with Crippen molar-refractivity contribution in [3.63, 3.8) is 0 Å². The van der Waals surface area contributed by atoms with Crippen LogP contribution in [0.15, 0.2) is 22.7 Å². The highest BCUT2D eigenvalue weighted by Gasteiger charge is 2.22. The Labute approximate surface area is 141 Å². The molecule has 3 nitrogen and oxygen atoms in total. The number of likely N-dealkylation sites (tertiary alicyclic amines) is 1. The Hall–Kier alpha value is -0.130. The van der Waals surface area contributed by atoms with Gasteiger partial charge in [-0.3, -0.25) is 4.90 Å². The first-order valence-corrected chi connectivity index (χ1v) is 8.72. The van der Waals surface area contributed by atoms with Gasteiger partial charge in [0.15, 0.2) is 0 Å². The lowest BCUT2D eigenvalue weighted by molar-refractivity contribution is 0.151. The summed E-state index contributed by atoms with van der Waals surface area (Å²) in [5, 5.41) is 0.743. The van der Waals surface area contributed by atoms with Crippen LogP contribution in [0.1, 0.15) is 24.4 Å². The highest BCUT2D eigenvalue weighted by molar-refractivity contribution is 9.10. The second-order valence-corrected chi connectivity index (χ2v) is 7.37. The van der Waals surface area contributed by atoms with Crippen molar-refractivity contribution in [2.24, 2.45) is 11.7 Å². The van der Waals surface area contributed by atoms with Gasteiger partial charge in [0.1, 0.15) is 0 Å². The van der Waals surface area contributed by atoms with Gasteiger partial charge in [0.2, 0.25) is 0 Å². The maximum atomic E-state index is 6.08. The van der Waals surface area contributed by atoms with E-state index < -0.39 is 0 Å². The van der Waals surface area contributed by atoms with Crippen molar-refractivity contribution in [2.75, 3.05) is 40.3 Å². The lowest BCUT2D eigenvalue weighted by atomic mass is 9.95. The molecule has 0 aliphatic carbocycles. The van der Waals surface area contributed by atoms with Gasteiger partial charge in [-0.05, 0) is 79.6 Å². The Kier molecular flexibility index (Phi) is 6.51. The van der Waals surface area contributed by atoms with Crippen molar-refractivity contribution in [1.82, 2.24) is 9.80 Å². The van der Waals surface area contributed by atoms with Gasteiger partial charge in [0.25, 0.3) is 0 Å². The van der Waals surface area contributed by atoms with Crippen molar-refractivity contribution >= 4 is 27.5 Å². The molecule has 5 heteroatoms. The average molecular weight is 375 g/mol. The van der Waals surface area contributed by atoms with Crippen LogP contribution < -0.4 is 5.73 Å². The van der Waals surface area contributed by atoms with Crippen LogP contribution in [-0.4, -0.2) is 50.1 Å². The van der Waals surface area contributed by atoms with E-state index in [0.29, 0.717) is 6.54 Å². The van der Waals surface area contributed by atoms with Gasteiger partial charge in [-0.2, -0.15) is 0 Å². The quantitative estimate of drug-likeness (QED) is 0.857. The smallest absolute Gasteiger partial charge is 0.0548 e. The monoisotopic (exact) mass is 373 g/mol. The Morgan fingerprint density at radius 3 is 2.67 bits per heavy atom. The van der Waals surface area contributed by atoms with Crippen molar-refractivity contribution in [2.45, 2.75) is 18.9 Å². The molecule has 2 rings (SSSR count). The number of halogens is 2. The Balaban J connectivity index is 2.00. The molecule has 21 heavy (non-hydrogen) atoms. The largest absolute Gasteiger partial charge is 0.329 e. The lowest BCUT2D eigenvalue weighted by Gasteiger charge is -2.35. The fraction of sp³-hybridized carbons (Fsp3) is 0.625. The molecule has 1 unspecified atom stereocenters. The number of benzene rings is 1. The lowest BCUT2D eigenvalue weighted by Crippen LogP contribution is -2.38. The van der Waals surface area contributed by atoms with Crippen LogP contribution in [0.3, 0.4) is 0 Å². The summed E-state index contributed by atoms with van der Waals surface area (Å²) in [6.45, 7) is 4.14. The standard InChI is InChI=1S/C16H25BrClN3/c1-20-7-5-12(6-8-20)11-21(2)16(10-19)13-3-4-15(18)14(17)9-13/h3-4,9,12,16H,5-8,10-11,19H2,1-2H3. The van der Waals surface area contributed by atoms with E-state index >= 15 is 0 Å². The molecular formula is C16H25BrClN3. The van der Waals surface area contributed by atoms with E-state index in [4.69, 9.17) is 17.3 Å². The topological polar surface area (TPSA) is 32.5 Å². The van der Waals surface area contributed by atoms with E-state index in [9.17, 15) is 0 Å². The van der Waals surface area contributed by atoms with Crippen LogP contribution in [-0.2, 0) is 0 Å². The zero-order valence-corrected chi connectivity index (χ0v) is 15.2. The molecule has 1 aromatic carbocycles. The Morgan fingerprint density at radius 1 is 1.43 bits per heavy atom. The number of nitrogens with zero attached hydrogens (tertiary/aromatic N) is 2. The second kappa shape index (κ2) is 7.93. The van der Waals surface area contributed by atoms with Gasteiger partial charge < -0.3 is 10.6 Å². The molecule has 1 atom stereocenters. The van der Waals surface area contributed by atoms with E-state index in [0.717, 1.165) is 22.0 Å². The first-order valence-electron chi connectivity index (χ1n) is 7.55. The van der Waals surface area contributed by atoms with Crippen molar-refractivity contribution < 1.29 is 0 Å². The molecule has 2 N–H and O–H groups in total. The Bertz CT molecular complexity index is 461. The highest BCUT2D eigenvalue weighted by atomic mass is 79.9. The summed E-state index contributed by atoms with van der Waals surface area (Å²) in [6.07, 6.45) is 2.56. The summed E-state index contributed by atoms with van der Waals surface area (Å²) in [7, 11) is 4.38. The molecule has 1 aliphatic rings. The van der Waals surface area contributed by atoms with E-state index in [1.165, 1.54) is 31.5 Å². The van der Waals surface area contributed by atoms with E-state index in [1.807, 2.05) is 6.07 Å². The van der Waals surface area contributed by atoms with E-state index in [2.05, 4.69) is 52.0 Å². The number of hydrogen-bond donors (Lipinski definition) is 1. The second-order valence-electron chi connectivity index (χ2n) is 6.11. The summed E-state index contributed by atoms with van der Waals surface area (Å²) in [4.78, 5) is 4.80. The zero-order valence-electron chi connectivity index (χ0n) is 12.9. The summed E-state index contributed by atoms with van der Waals surface area (Å²) < 4.78 is 0.938. The van der Waals surface area contributed by atoms with Crippen LogP contribution in [0.4, 0.5) is 0 Å². The van der Waals surface area contributed by atoms with Gasteiger partial charge in [-0.1, -0.05) is 17.7 Å². The molecule has 0 amide bonds. The third kappa shape index (κ3) is 4.67. The first-order chi connectivity index (χ1) is 10.0.